The molecule has 1 aromatic heterocycles. The molecular formula is C21H32IN7O2. The Labute approximate surface area is 200 Å². The maximum Gasteiger partial charge on any atom is 0.409 e. The first-order valence-electron chi connectivity index (χ1n) is 10.4. The molecule has 10 heteroatoms. The van der Waals surface area contributed by atoms with Gasteiger partial charge < -0.3 is 24.8 Å². The fraction of sp³-hybridized carbons (Fsp3) is 0.524. The zero-order valence-electron chi connectivity index (χ0n) is 18.4. The van der Waals surface area contributed by atoms with E-state index in [9.17, 15) is 4.79 Å². The highest BCUT2D eigenvalue weighted by molar-refractivity contribution is 14.0. The number of ether oxygens (including phenoxy) is 1. The topological polar surface area (TPSA) is 96.7 Å². The van der Waals surface area contributed by atoms with Crippen molar-refractivity contribution >= 4 is 36.0 Å². The molecule has 1 aliphatic rings. The van der Waals surface area contributed by atoms with Crippen molar-refractivity contribution in [1.82, 2.24) is 30.3 Å². The van der Waals surface area contributed by atoms with Gasteiger partial charge in [-0.15, -0.1) is 34.2 Å². The predicted octanol–water partition coefficient (Wildman–Crippen LogP) is 2.60. The number of benzene rings is 1. The van der Waals surface area contributed by atoms with Crippen LogP contribution in [-0.4, -0.2) is 57.5 Å². The van der Waals surface area contributed by atoms with E-state index in [2.05, 4.69) is 33.0 Å². The molecule has 2 aromatic rings. The molecule has 1 saturated heterocycles. The third kappa shape index (κ3) is 7.37. The first-order valence-corrected chi connectivity index (χ1v) is 10.4. The lowest BCUT2D eigenvalue weighted by Gasteiger charge is -2.32. The first-order chi connectivity index (χ1) is 14.6. The van der Waals surface area contributed by atoms with E-state index in [1.165, 1.54) is 0 Å². The SMILES string of the molecule is CCOC(=O)N1CCC(NC(=NCc2ccccc2)NCc2nnc(C)n2C)CC1.I. The number of nitrogens with one attached hydrogen (secondary N) is 2. The molecule has 1 aromatic carbocycles. The van der Waals surface area contributed by atoms with Crippen LogP contribution in [0.2, 0.25) is 0 Å². The third-order valence-corrected chi connectivity index (χ3v) is 5.22. The lowest BCUT2D eigenvalue weighted by molar-refractivity contribution is 0.0963. The molecule has 0 saturated carbocycles. The van der Waals surface area contributed by atoms with Gasteiger partial charge in [0, 0.05) is 26.2 Å². The summed E-state index contributed by atoms with van der Waals surface area (Å²) in [6.45, 7) is 6.60. The minimum absolute atomic E-state index is 0. The van der Waals surface area contributed by atoms with Crippen LogP contribution in [0.25, 0.3) is 0 Å². The van der Waals surface area contributed by atoms with E-state index in [1.54, 1.807) is 4.90 Å². The average Bonchev–Trinajstić information content (AvgIpc) is 3.09. The number of nitrogens with zero attached hydrogens (tertiary/aromatic N) is 5. The van der Waals surface area contributed by atoms with Gasteiger partial charge in [-0.05, 0) is 32.3 Å². The van der Waals surface area contributed by atoms with Gasteiger partial charge in [-0.1, -0.05) is 30.3 Å². The summed E-state index contributed by atoms with van der Waals surface area (Å²) in [5.41, 5.74) is 1.14. The van der Waals surface area contributed by atoms with Crippen LogP contribution in [0.5, 0.6) is 0 Å². The van der Waals surface area contributed by atoms with Crippen LogP contribution in [0.1, 0.15) is 37.0 Å². The summed E-state index contributed by atoms with van der Waals surface area (Å²) in [5, 5.41) is 15.2. The summed E-state index contributed by atoms with van der Waals surface area (Å²) < 4.78 is 7.06. The normalized spacial score (nSPS) is 14.7. The molecule has 3 rings (SSSR count). The van der Waals surface area contributed by atoms with Gasteiger partial charge in [0.05, 0.1) is 19.7 Å². The van der Waals surface area contributed by atoms with Gasteiger partial charge >= 0.3 is 6.09 Å². The van der Waals surface area contributed by atoms with Gasteiger partial charge in [-0.3, -0.25) is 0 Å². The fourth-order valence-corrected chi connectivity index (χ4v) is 3.29. The van der Waals surface area contributed by atoms with Crippen LogP contribution < -0.4 is 10.6 Å². The Morgan fingerprint density at radius 2 is 1.94 bits per heavy atom. The predicted molar refractivity (Wildman–Crippen MR) is 130 cm³/mol. The number of guanidine groups is 1. The summed E-state index contributed by atoms with van der Waals surface area (Å²) >= 11 is 0. The Morgan fingerprint density at radius 1 is 1.23 bits per heavy atom. The lowest BCUT2D eigenvalue weighted by Crippen LogP contribution is -2.49. The van der Waals surface area contributed by atoms with Crippen molar-refractivity contribution in [2.45, 2.75) is 45.8 Å². The molecule has 0 spiro atoms. The van der Waals surface area contributed by atoms with Crippen LogP contribution in [0.3, 0.4) is 0 Å². The van der Waals surface area contributed by atoms with E-state index in [1.807, 2.05) is 43.7 Å². The number of carbonyl (C=O) groups excluding carboxylic acids is 1. The van der Waals surface area contributed by atoms with Crippen LogP contribution in [0.15, 0.2) is 35.3 Å². The number of aryl methyl sites for hydroxylation is 1. The Balaban J connectivity index is 0.00000341. The number of hydrogen-bond acceptors (Lipinski definition) is 5. The second-order valence-electron chi connectivity index (χ2n) is 7.33. The molecule has 0 unspecified atom stereocenters. The van der Waals surface area contributed by atoms with E-state index in [-0.39, 0.29) is 36.1 Å². The number of rotatable bonds is 6. The average molecular weight is 541 g/mol. The van der Waals surface area contributed by atoms with Crippen LogP contribution in [-0.2, 0) is 24.9 Å². The Bertz CT molecular complexity index is 849. The number of piperidine rings is 1. The molecule has 31 heavy (non-hydrogen) atoms. The highest BCUT2D eigenvalue weighted by atomic mass is 127. The van der Waals surface area contributed by atoms with Gasteiger partial charge in [0.15, 0.2) is 11.8 Å². The highest BCUT2D eigenvalue weighted by Crippen LogP contribution is 2.12. The van der Waals surface area contributed by atoms with Crippen LogP contribution >= 0.6 is 24.0 Å². The van der Waals surface area contributed by atoms with Crippen molar-refractivity contribution in [2.75, 3.05) is 19.7 Å². The summed E-state index contributed by atoms with van der Waals surface area (Å²) in [5.74, 6) is 2.45. The van der Waals surface area contributed by atoms with E-state index in [0.717, 1.165) is 36.0 Å². The highest BCUT2D eigenvalue weighted by Gasteiger charge is 2.24. The summed E-state index contributed by atoms with van der Waals surface area (Å²) in [6, 6.07) is 10.4. The van der Waals surface area contributed by atoms with Gasteiger partial charge in [-0.25, -0.2) is 9.79 Å². The standard InChI is InChI=1S/C21H31N7O2.HI/c1-4-30-21(29)28-12-10-18(11-13-28)24-20(22-14-17-8-6-5-7-9-17)23-15-19-26-25-16(2)27(19)3;/h5-9,18H,4,10-15H2,1-3H3,(H2,22,23,24);1H. The molecule has 170 valence electrons. The zero-order chi connectivity index (χ0) is 21.3. The monoisotopic (exact) mass is 541 g/mol. The molecule has 9 nitrogen and oxygen atoms in total. The van der Waals surface area contributed by atoms with Crippen LogP contribution in [0, 0.1) is 6.92 Å². The van der Waals surface area contributed by atoms with Crippen molar-refractivity contribution in [3.05, 3.63) is 47.5 Å². The van der Waals surface area contributed by atoms with Crippen molar-refractivity contribution in [3.8, 4) is 0 Å². The van der Waals surface area contributed by atoms with Gasteiger partial charge in [0.1, 0.15) is 5.82 Å². The second kappa shape index (κ2) is 12.5. The van der Waals surface area contributed by atoms with Crippen molar-refractivity contribution in [3.63, 3.8) is 0 Å². The first kappa shape index (κ1) is 24.9. The van der Waals surface area contributed by atoms with Crippen LogP contribution in [0.4, 0.5) is 4.79 Å². The fourth-order valence-electron chi connectivity index (χ4n) is 3.29. The van der Waals surface area contributed by atoms with Gasteiger partial charge in [0.25, 0.3) is 0 Å². The van der Waals surface area contributed by atoms with E-state index < -0.39 is 0 Å². The lowest BCUT2D eigenvalue weighted by atomic mass is 10.1. The molecular weight excluding hydrogens is 509 g/mol. The quantitative estimate of drug-likeness (QED) is 0.332. The molecule has 0 atom stereocenters. The number of aromatic nitrogens is 3. The van der Waals surface area contributed by atoms with E-state index in [0.29, 0.717) is 32.8 Å². The Morgan fingerprint density at radius 3 is 2.55 bits per heavy atom. The third-order valence-electron chi connectivity index (χ3n) is 5.22. The molecule has 1 fully saturated rings. The maximum absolute atomic E-state index is 11.9. The maximum atomic E-state index is 11.9. The molecule has 0 radical (unpaired) electrons. The van der Waals surface area contributed by atoms with E-state index >= 15 is 0 Å². The number of halogens is 1. The number of amides is 1. The zero-order valence-corrected chi connectivity index (χ0v) is 20.7. The minimum atomic E-state index is -0.232. The number of carbonyl (C=O) groups is 1. The smallest absolute Gasteiger partial charge is 0.409 e. The minimum Gasteiger partial charge on any atom is -0.450 e. The van der Waals surface area contributed by atoms with Crippen molar-refractivity contribution in [2.24, 2.45) is 12.0 Å². The summed E-state index contributed by atoms with van der Waals surface area (Å²) in [6.07, 6.45) is 1.45. The number of hydrogen-bond donors (Lipinski definition) is 2. The molecule has 2 heterocycles. The number of likely N-dealkylation sites (tertiary alicyclic amines) is 1. The largest absolute Gasteiger partial charge is 0.450 e. The van der Waals surface area contributed by atoms with E-state index in [4.69, 9.17) is 9.73 Å². The van der Waals surface area contributed by atoms with Crippen molar-refractivity contribution < 1.29 is 9.53 Å². The molecule has 2 N–H and O–H groups in total. The molecule has 0 bridgehead atoms. The number of aliphatic imine (C=N–C) groups is 1. The van der Waals surface area contributed by atoms with Crippen molar-refractivity contribution in [1.29, 1.82) is 0 Å². The van der Waals surface area contributed by atoms with Gasteiger partial charge in [-0.2, -0.15) is 0 Å². The second-order valence-corrected chi connectivity index (χ2v) is 7.33. The summed E-state index contributed by atoms with van der Waals surface area (Å²) in [4.78, 5) is 18.4. The Hall–Kier alpha value is -2.37. The summed E-state index contributed by atoms with van der Waals surface area (Å²) in [7, 11) is 1.95. The molecule has 1 amide bonds. The molecule has 1 aliphatic heterocycles. The molecule has 0 aliphatic carbocycles. The van der Waals surface area contributed by atoms with Gasteiger partial charge in [0.2, 0.25) is 0 Å². The Kier molecular flexibility index (Phi) is 10.0.